The first-order valence-corrected chi connectivity index (χ1v) is 6.47. The molecule has 1 saturated heterocycles. The molecule has 19 heavy (non-hydrogen) atoms. The topological polar surface area (TPSA) is 84.3 Å². The molecule has 6 nitrogen and oxygen atoms in total. The maximum absolute atomic E-state index is 12.5. The van der Waals surface area contributed by atoms with Crippen molar-refractivity contribution in [3.05, 3.63) is 18.0 Å². The van der Waals surface area contributed by atoms with Crippen molar-refractivity contribution < 1.29 is 9.53 Å². The van der Waals surface area contributed by atoms with Crippen molar-refractivity contribution in [3.8, 4) is 6.07 Å². The lowest BCUT2D eigenvalue weighted by atomic mass is 10.2. The van der Waals surface area contributed by atoms with Gasteiger partial charge in [0, 0.05) is 18.8 Å². The molecule has 100 valence electrons. The predicted molar refractivity (Wildman–Crippen MR) is 68.4 cm³/mol. The molecule has 2 fully saturated rings. The van der Waals surface area contributed by atoms with E-state index in [9.17, 15) is 4.79 Å². The van der Waals surface area contributed by atoms with E-state index < -0.39 is 6.10 Å². The van der Waals surface area contributed by atoms with Gasteiger partial charge in [0.05, 0.1) is 24.9 Å². The quantitative estimate of drug-likeness (QED) is 0.851. The van der Waals surface area contributed by atoms with Gasteiger partial charge >= 0.3 is 0 Å². The van der Waals surface area contributed by atoms with Gasteiger partial charge in [0.1, 0.15) is 5.69 Å². The number of nitriles is 1. The normalized spacial score (nSPS) is 23.1. The van der Waals surface area contributed by atoms with Crippen LogP contribution in [0, 0.1) is 11.3 Å². The summed E-state index contributed by atoms with van der Waals surface area (Å²) in [4.78, 5) is 14.2. The maximum atomic E-state index is 12.5. The van der Waals surface area contributed by atoms with Gasteiger partial charge in [-0.05, 0) is 18.9 Å². The van der Waals surface area contributed by atoms with Crippen molar-refractivity contribution in [3.63, 3.8) is 0 Å². The molecule has 1 atom stereocenters. The highest BCUT2D eigenvalue weighted by atomic mass is 16.5. The molecule has 3 rings (SSSR count). The zero-order valence-corrected chi connectivity index (χ0v) is 10.6. The molecule has 1 aromatic rings. The smallest absolute Gasteiger partial charge is 0.270 e. The van der Waals surface area contributed by atoms with Gasteiger partial charge in [0.25, 0.3) is 5.91 Å². The molecule has 0 radical (unpaired) electrons. The third-order valence-electron chi connectivity index (χ3n) is 3.53. The number of nitrogens with two attached hydrogens (primary N) is 1. The zero-order valence-electron chi connectivity index (χ0n) is 10.6. The fourth-order valence-electron chi connectivity index (χ4n) is 2.40. The molecule has 1 aliphatic heterocycles. The lowest BCUT2D eigenvalue weighted by Crippen LogP contribution is -2.45. The number of hydrogen-bond acceptors (Lipinski definition) is 4. The van der Waals surface area contributed by atoms with Crippen molar-refractivity contribution in [1.82, 2.24) is 9.47 Å². The molecule has 1 unspecified atom stereocenters. The van der Waals surface area contributed by atoms with E-state index in [0.29, 0.717) is 37.1 Å². The Labute approximate surface area is 111 Å². The molecule has 2 aliphatic rings. The Morgan fingerprint density at radius 2 is 2.32 bits per heavy atom. The molecule has 2 heterocycles. The molecule has 1 saturated carbocycles. The minimum atomic E-state index is -0.528. The summed E-state index contributed by atoms with van der Waals surface area (Å²) >= 11 is 0. The number of morpholine rings is 1. The van der Waals surface area contributed by atoms with Crippen molar-refractivity contribution in [1.29, 1.82) is 5.26 Å². The third-order valence-corrected chi connectivity index (χ3v) is 3.53. The summed E-state index contributed by atoms with van der Waals surface area (Å²) in [6.07, 6.45) is 3.49. The highest BCUT2D eigenvalue weighted by molar-refractivity contribution is 5.94. The van der Waals surface area contributed by atoms with Crippen LogP contribution in [0.25, 0.3) is 0 Å². The summed E-state index contributed by atoms with van der Waals surface area (Å²) in [5.41, 5.74) is 7.03. The van der Waals surface area contributed by atoms with Crippen molar-refractivity contribution in [2.75, 3.05) is 25.4 Å². The van der Waals surface area contributed by atoms with Crippen LogP contribution in [0.4, 0.5) is 5.69 Å². The minimum absolute atomic E-state index is 0.0628. The van der Waals surface area contributed by atoms with Gasteiger partial charge in [-0.2, -0.15) is 5.26 Å². The fourth-order valence-corrected chi connectivity index (χ4v) is 2.40. The van der Waals surface area contributed by atoms with Gasteiger partial charge in [-0.25, -0.2) is 0 Å². The van der Waals surface area contributed by atoms with Crippen LogP contribution < -0.4 is 5.73 Å². The van der Waals surface area contributed by atoms with E-state index in [1.54, 1.807) is 11.0 Å². The number of carbonyl (C=O) groups excluding carboxylic acids is 1. The Morgan fingerprint density at radius 3 is 3.00 bits per heavy atom. The van der Waals surface area contributed by atoms with Crippen molar-refractivity contribution in [2.24, 2.45) is 0 Å². The molecule has 2 N–H and O–H groups in total. The summed E-state index contributed by atoms with van der Waals surface area (Å²) in [6.45, 7) is 1.25. The Morgan fingerprint density at radius 1 is 1.53 bits per heavy atom. The molecular weight excluding hydrogens is 244 g/mol. The second-order valence-corrected chi connectivity index (χ2v) is 5.04. The first kappa shape index (κ1) is 12.1. The number of aromatic nitrogens is 1. The van der Waals surface area contributed by atoms with Crippen LogP contribution in [0.5, 0.6) is 0 Å². The number of nitrogens with zero attached hydrogens (tertiary/aromatic N) is 3. The maximum Gasteiger partial charge on any atom is 0.270 e. The second-order valence-electron chi connectivity index (χ2n) is 5.04. The van der Waals surface area contributed by atoms with Crippen molar-refractivity contribution >= 4 is 11.6 Å². The average Bonchev–Trinajstić information content (AvgIpc) is 3.21. The number of hydrogen-bond donors (Lipinski definition) is 1. The molecule has 0 spiro atoms. The summed E-state index contributed by atoms with van der Waals surface area (Å²) in [5.74, 6) is -0.0628. The average molecular weight is 260 g/mol. The fraction of sp³-hybridized carbons (Fsp3) is 0.538. The monoisotopic (exact) mass is 260 g/mol. The van der Waals surface area contributed by atoms with Crippen LogP contribution in [0.15, 0.2) is 12.3 Å². The Hall–Kier alpha value is -2.00. The third kappa shape index (κ3) is 2.29. The highest BCUT2D eigenvalue weighted by Gasteiger charge is 2.31. The second kappa shape index (κ2) is 4.59. The van der Waals surface area contributed by atoms with Crippen molar-refractivity contribution in [2.45, 2.75) is 25.0 Å². The standard InChI is InChI=1S/C13H16N4O2/c14-6-11-8-16(3-4-19-11)13(18)12-5-9(15)7-17(12)10-1-2-10/h5,7,10-11H,1-4,8,15H2. The first-order valence-electron chi connectivity index (χ1n) is 6.47. The summed E-state index contributed by atoms with van der Waals surface area (Å²) in [6, 6.07) is 4.17. The summed E-state index contributed by atoms with van der Waals surface area (Å²) in [5, 5.41) is 8.88. The van der Waals surface area contributed by atoms with E-state index in [-0.39, 0.29) is 5.91 Å². The zero-order chi connectivity index (χ0) is 13.4. The summed E-state index contributed by atoms with van der Waals surface area (Å²) < 4.78 is 7.22. The minimum Gasteiger partial charge on any atom is -0.397 e. The van der Waals surface area contributed by atoms with E-state index in [2.05, 4.69) is 0 Å². The lowest BCUT2D eigenvalue weighted by Gasteiger charge is -2.30. The molecule has 1 aliphatic carbocycles. The SMILES string of the molecule is N#CC1CN(C(=O)c2cc(N)cn2C2CC2)CCO1. The van der Waals surface area contributed by atoms with Crippen LogP contribution >= 0.6 is 0 Å². The highest BCUT2D eigenvalue weighted by Crippen LogP contribution is 2.37. The van der Waals surface area contributed by atoms with Gasteiger partial charge in [0.2, 0.25) is 0 Å². The Bertz CT molecular complexity index is 541. The van der Waals surface area contributed by atoms with Crippen LogP contribution in [0.2, 0.25) is 0 Å². The molecule has 6 heteroatoms. The predicted octanol–water partition coefficient (Wildman–Crippen LogP) is 0.770. The molecular formula is C13H16N4O2. The molecule has 0 bridgehead atoms. The number of ether oxygens (including phenoxy) is 1. The van der Waals surface area contributed by atoms with Gasteiger partial charge in [-0.15, -0.1) is 0 Å². The van der Waals surface area contributed by atoms with E-state index >= 15 is 0 Å². The van der Waals surface area contributed by atoms with E-state index in [1.807, 2.05) is 16.8 Å². The lowest BCUT2D eigenvalue weighted by molar-refractivity contribution is 0.00298. The summed E-state index contributed by atoms with van der Waals surface area (Å²) in [7, 11) is 0. The number of rotatable bonds is 2. The van der Waals surface area contributed by atoms with Crippen LogP contribution in [-0.2, 0) is 4.74 Å². The number of amides is 1. The van der Waals surface area contributed by atoms with E-state index in [0.717, 1.165) is 12.8 Å². The first-order chi connectivity index (χ1) is 9.19. The van der Waals surface area contributed by atoms with Crippen LogP contribution in [-0.4, -0.2) is 41.2 Å². The van der Waals surface area contributed by atoms with Gasteiger partial charge in [-0.3, -0.25) is 4.79 Å². The van der Waals surface area contributed by atoms with Crippen LogP contribution in [0.1, 0.15) is 29.4 Å². The number of nitrogen functional groups attached to an aromatic ring is 1. The molecule has 0 aromatic carbocycles. The van der Waals surface area contributed by atoms with Gasteiger partial charge < -0.3 is 19.9 Å². The van der Waals surface area contributed by atoms with Crippen LogP contribution in [0.3, 0.4) is 0 Å². The Kier molecular flexibility index (Phi) is 2.91. The van der Waals surface area contributed by atoms with Gasteiger partial charge in [-0.1, -0.05) is 0 Å². The van der Waals surface area contributed by atoms with E-state index in [1.165, 1.54) is 0 Å². The Balaban J connectivity index is 1.81. The largest absolute Gasteiger partial charge is 0.397 e. The number of anilines is 1. The van der Waals surface area contributed by atoms with E-state index in [4.69, 9.17) is 15.7 Å². The molecule has 1 amide bonds. The number of carbonyl (C=O) groups is 1. The molecule has 1 aromatic heterocycles. The van der Waals surface area contributed by atoms with Gasteiger partial charge in [0.15, 0.2) is 6.10 Å².